The summed E-state index contributed by atoms with van der Waals surface area (Å²) in [6.45, 7) is 5.20. The van der Waals surface area contributed by atoms with E-state index in [0.29, 0.717) is 11.6 Å². The van der Waals surface area contributed by atoms with Gasteiger partial charge in [-0.1, -0.05) is 37.4 Å². The van der Waals surface area contributed by atoms with Crippen LogP contribution in [0.1, 0.15) is 44.0 Å². The molecule has 172 valence electrons. The summed E-state index contributed by atoms with van der Waals surface area (Å²) < 4.78 is 0.932. The van der Waals surface area contributed by atoms with E-state index in [0.717, 1.165) is 40.9 Å². The van der Waals surface area contributed by atoms with Gasteiger partial charge in [0.05, 0.1) is 15.2 Å². The van der Waals surface area contributed by atoms with Crippen molar-refractivity contribution in [2.45, 2.75) is 57.5 Å². The van der Waals surface area contributed by atoms with Crippen LogP contribution in [-0.4, -0.2) is 41.3 Å². The Labute approximate surface area is 197 Å². The Hall–Kier alpha value is -2.45. The third kappa shape index (κ3) is 6.77. The Bertz CT molecular complexity index is 987. The fourth-order valence-corrected chi connectivity index (χ4v) is 5.39. The van der Waals surface area contributed by atoms with Crippen molar-refractivity contribution in [2.24, 2.45) is 5.92 Å². The van der Waals surface area contributed by atoms with Crippen LogP contribution in [0.2, 0.25) is 5.02 Å². The maximum Gasteiger partial charge on any atom is 0.243 e. The van der Waals surface area contributed by atoms with E-state index in [4.69, 9.17) is 11.6 Å². The minimum atomic E-state index is -0.760. The number of nitrogens with one attached hydrogen (secondary N) is 3. The van der Waals surface area contributed by atoms with Gasteiger partial charge < -0.3 is 16.0 Å². The minimum absolute atomic E-state index is 0.211. The number of hydrogen-bond donors (Lipinski definition) is 3. The third-order valence-electron chi connectivity index (χ3n) is 5.70. The monoisotopic (exact) mass is 476 g/mol. The van der Waals surface area contributed by atoms with Crippen molar-refractivity contribution in [3.63, 3.8) is 0 Å². The second-order valence-electron chi connectivity index (χ2n) is 8.14. The normalized spacial score (nSPS) is 16.2. The molecule has 2 aromatic rings. The quantitative estimate of drug-likeness (QED) is 0.483. The van der Waals surface area contributed by atoms with E-state index in [1.165, 1.54) is 30.8 Å². The van der Waals surface area contributed by atoms with Crippen LogP contribution < -0.4 is 16.0 Å². The smallest absolute Gasteiger partial charge is 0.243 e. The Morgan fingerprint density at radius 1 is 1.25 bits per heavy atom. The highest BCUT2D eigenvalue weighted by Gasteiger charge is 2.29. The lowest BCUT2D eigenvalue weighted by Crippen LogP contribution is -2.55. The van der Waals surface area contributed by atoms with E-state index in [1.54, 1.807) is 6.07 Å². The molecule has 3 amide bonds. The highest BCUT2D eigenvalue weighted by molar-refractivity contribution is 7.18. The molecule has 0 unspecified atom stereocenters. The molecule has 1 aromatic heterocycles. The lowest BCUT2D eigenvalue weighted by atomic mass is 9.83. The first-order valence-electron chi connectivity index (χ1n) is 10.9. The number of thiazole rings is 1. The van der Waals surface area contributed by atoms with Gasteiger partial charge in [-0.3, -0.25) is 14.4 Å². The van der Waals surface area contributed by atoms with Crippen molar-refractivity contribution in [1.82, 2.24) is 20.9 Å². The molecule has 0 radical (unpaired) electrons. The van der Waals surface area contributed by atoms with E-state index in [-0.39, 0.29) is 36.1 Å². The molecule has 1 fully saturated rings. The molecular weight excluding hydrogens is 448 g/mol. The van der Waals surface area contributed by atoms with Crippen molar-refractivity contribution in [2.75, 3.05) is 6.54 Å². The van der Waals surface area contributed by atoms with Crippen LogP contribution in [0.3, 0.4) is 0 Å². The molecule has 7 nitrogen and oxygen atoms in total. The number of benzene rings is 1. The average Bonchev–Trinajstić information content (AvgIpc) is 3.17. The van der Waals surface area contributed by atoms with Gasteiger partial charge in [-0.25, -0.2) is 4.98 Å². The minimum Gasteiger partial charge on any atom is -0.351 e. The predicted octanol–water partition coefficient (Wildman–Crippen LogP) is 3.36. The van der Waals surface area contributed by atoms with Crippen molar-refractivity contribution in [1.29, 1.82) is 0 Å². The fraction of sp³-hybridized carbons (Fsp3) is 0.478. The summed E-state index contributed by atoms with van der Waals surface area (Å²) >= 11 is 7.52. The second kappa shape index (κ2) is 11.4. The number of rotatable bonds is 9. The summed E-state index contributed by atoms with van der Waals surface area (Å²) in [6.07, 6.45) is 6.90. The molecule has 1 heterocycles. The molecule has 3 rings (SSSR count). The van der Waals surface area contributed by atoms with Crippen LogP contribution in [0.25, 0.3) is 10.2 Å². The summed E-state index contributed by atoms with van der Waals surface area (Å²) in [6, 6.07) is 4.49. The van der Waals surface area contributed by atoms with Gasteiger partial charge in [0.2, 0.25) is 17.7 Å². The average molecular weight is 477 g/mol. The van der Waals surface area contributed by atoms with Gasteiger partial charge in [-0.15, -0.1) is 11.3 Å². The maximum absolute atomic E-state index is 13.2. The number of carbonyl (C=O) groups excluding carboxylic acids is 3. The van der Waals surface area contributed by atoms with Gasteiger partial charge in [-0.2, -0.15) is 0 Å². The topological polar surface area (TPSA) is 100 Å². The molecule has 0 saturated heterocycles. The lowest BCUT2D eigenvalue weighted by Gasteiger charge is -2.32. The number of halogens is 1. The Morgan fingerprint density at radius 3 is 2.69 bits per heavy atom. The van der Waals surface area contributed by atoms with Crippen LogP contribution in [0, 0.1) is 5.92 Å². The standard InChI is InChI=1S/C23H29ClN4O3S/c1-3-21(30)25-13-19(15-7-5-4-6-8-15)28-23(31)18(26-14(2)29)12-22-27-17-10-9-16(24)11-20(17)32-22/h3,9-11,15,18-19H,1,4-8,12-13H2,2H3,(H,25,30)(H,26,29)(H,28,31)/t18-,19+/m0/s1. The molecule has 2 atom stereocenters. The molecule has 1 aliphatic rings. The van der Waals surface area contributed by atoms with Gasteiger partial charge >= 0.3 is 0 Å². The summed E-state index contributed by atoms with van der Waals surface area (Å²) in [5.41, 5.74) is 0.809. The summed E-state index contributed by atoms with van der Waals surface area (Å²) in [4.78, 5) is 41.3. The van der Waals surface area contributed by atoms with Crippen molar-refractivity contribution in [3.05, 3.63) is 40.9 Å². The molecule has 9 heteroatoms. The van der Waals surface area contributed by atoms with Crippen molar-refractivity contribution >= 4 is 50.9 Å². The van der Waals surface area contributed by atoms with E-state index >= 15 is 0 Å². The van der Waals surface area contributed by atoms with Crippen molar-refractivity contribution < 1.29 is 14.4 Å². The van der Waals surface area contributed by atoms with Crippen LogP contribution in [0.4, 0.5) is 0 Å². The Morgan fingerprint density at radius 2 is 2.00 bits per heavy atom. The number of carbonyl (C=O) groups is 3. The molecule has 0 spiro atoms. The molecule has 0 bridgehead atoms. The number of amides is 3. The zero-order valence-corrected chi connectivity index (χ0v) is 19.7. The van der Waals surface area contributed by atoms with E-state index in [9.17, 15) is 14.4 Å². The number of aromatic nitrogens is 1. The van der Waals surface area contributed by atoms with Crippen LogP contribution in [0.15, 0.2) is 30.9 Å². The van der Waals surface area contributed by atoms with Crippen molar-refractivity contribution in [3.8, 4) is 0 Å². The Balaban J connectivity index is 1.74. The predicted molar refractivity (Wildman–Crippen MR) is 128 cm³/mol. The molecule has 1 aromatic carbocycles. The number of hydrogen-bond acceptors (Lipinski definition) is 5. The Kier molecular flexibility index (Phi) is 8.64. The molecule has 3 N–H and O–H groups in total. The largest absolute Gasteiger partial charge is 0.351 e. The highest BCUT2D eigenvalue weighted by atomic mass is 35.5. The van der Waals surface area contributed by atoms with Gasteiger partial charge in [0.25, 0.3) is 0 Å². The van der Waals surface area contributed by atoms with Gasteiger partial charge in [0.1, 0.15) is 6.04 Å². The molecule has 1 saturated carbocycles. The zero-order chi connectivity index (χ0) is 23.1. The molecule has 32 heavy (non-hydrogen) atoms. The number of fused-ring (bicyclic) bond motifs is 1. The molecule has 0 aliphatic heterocycles. The summed E-state index contributed by atoms with van der Waals surface area (Å²) in [7, 11) is 0. The van der Waals surface area contributed by atoms with Gasteiger partial charge in [0.15, 0.2) is 0 Å². The first-order chi connectivity index (χ1) is 15.4. The second-order valence-corrected chi connectivity index (χ2v) is 9.69. The highest BCUT2D eigenvalue weighted by Crippen LogP contribution is 2.27. The van der Waals surface area contributed by atoms with Crippen LogP contribution >= 0.6 is 22.9 Å². The lowest BCUT2D eigenvalue weighted by molar-refractivity contribution is -0.129. The first-order valence-corrected chi connectivity index (χ1v) is 12.1. The van der Waals surface area contributed by atoms with E-state index in [1.807, 2.05) is 12.1 Å². The zero-order valence-electron chi connectivity index (χ0n) is 18.2. The van der Waals surface area contributed by atoms with Crippen LogP contribution in [-0.2, 0) is 20.8 Å². The first kappa shape index (κ1) is 24.2. The molecule has 1 aliphatic carbocycles. The summed E-state index contributed by atoms with van der Waals surface area (Å²) in [5, 5.41) is 10.0. The van der Waals surface area contributed by atoms with Crippen LogP contribution in [0.5, 0.6) is 0 Å². The maximum atomic E-state index is 13.2. The fourth-order valence-electron chi connectivity index (χ4n) is 4.10. The number of nitrogens with zero attached hydrogens (tertiary/aromatic N) is 1. The SMILES string of the molecule is C=CC(=O)NC[C@@H](NC(=O)[C@H](Cc1nc2ccc(Cl)cc2s1)NC(C)=O)C1CCCCC1. The summed E-state index contributed by atoms with van der Waals surface area (Å²) in [5.74, 6) is -0.559. The third-order valence-corrected chi connectivity index (χ3v) is 6.97. The van der Waals surface area contributed by atoms with E-state index in [2.05, 4.69) is 27.5 Å². The van der Waals surface area contributed by atoms with E-state index < -0.39 is 6.04 Å². The molecular formula is C23H29ClN4O3S. The van der Waals surface area contributed by atoms with Gasteiger partial charge in [0, 0.05) is 31.0 Å². The van der Waals surface area contributed by atoms with Gasteiger partial charge in [-0.05, 0) is 43.0 Å².